The zero-order chi connectivity index (χ0) is 21.8. The van der Waals surface area contributed by atoms with Crippen molar-refractivity contribution in [3.63, 3.8) is 0 Å². The van der Waals surface area contributed by atoms with E-state index in [1.54, 1.807) is 0 Å². The van der Waals surface area contributed by atoms with Gasteiger partial charge >= 0.3 is 11.7 Å². The van der Waals surface area contributed by atoms with Crippen LogP contribution in [-0.4, -0.2) is 55.5 Å². The van der Waals surface area contributed by atoms with Gasteiger partial charge in [-0.2, -0.15) is 4.98 Å². The molecule has 3 rings (SSSR count). The third-order valence-electron chi connectivity index (χ3n) is 4.79. The van der Waals surface area contributed by atoms with Gasteiger partial charge in [0.1, 0.15) is 6.61 Å². The lowest BCUT2D eigenvalue weighted by Gasteiger charge is -2.17. The van der Waals surface area contributed by atoms with Crippen molar-refractivity contribution in [2.24, 2.45) is 7.05 Å². The van der Waals surface area contributed by atoms with Gasteiger partial charge < -0.3 is 9.64 Å². The first-order chi connectivity index (χ1) is 14.3. The van der Waals surface area contributed by atoms with Gasteiger partial charge in [0.25, 0.3) is 5.56 Å². The Labute approximate surface area is 170 Å². The second-order valence-electron chi connectivity index (χ2n) is 6.62. The highest BCUT2D eigenvalue weighted by molar-refractivity contribution is 5.68. The summed E-state index contributed by atoms with van der Waals surface area (Å²) in [6.45, 7) is 6.63. The minimum atomic E-state index is -1.04. The summed E-state index contributed by atoms with van der Waals surface area (Å²) in [6, 6.07) is 3.20. The van der Waals surface area contributed by atoms with Gasteiger partial charge in [-0.1, -0.05) is 25.0 Å². The predicted molar refractivity (Wildman–Crippen MR) is 106 cm³/mol. The molecule has 2 aromatic heterocycles. The van der Waals surface area contributed by atoms with E-state index in [9.17, 15) is 18.4 Å². The van der Waals surface area contributed by atoms with E-state index in [-0.39, 0.29) is 23.7 Å². The molecule has 2 heterocycles. The van der Waals surface area contributed by atoms with Crippen LogP contribution in [0, 0.1) is 11.6 Å². The van der Waals surface area contributed by atoms with Gasteiger partial charge in [0.2, 0.25) is 0 Å². The van der Waals surface area contributed by atoms with Gasteiger partial charge in [-0.15, -0.1) is 5.10 Å². The highest BCUT2D eigenvalue weighted by atomic mass is 19.2. The fourth-order valence-electron chi connectivity index (χ4n) is 2.98. The number of ether oxygens (including phenoxy) is 1. The van der Waals surface area contributed by atoms with Crippen LogP contribution >= 0.6 is 0 Å². The van der Waals surface area contributed by atoms with Crippen molar-refractivity contribution in [3.8, 4) is 6.01 Å². The summed E-state index contributed by atoms with van der Waals surface area (Å²) < 4.78 is 34.2. The fourth-order valence-corrected chi connectivity index (χ4v) is 2.98. The average Bonchev–Trinajstić information content (AvgIpc) is 2.75. The average molecular weight is 420 g/mol. The molecular weight excluding hydrogens is 398 g/mol. The van der Waals surface area contributed by atoms with Crippen molar-refractivity contribution in [2.75, 3.05) is 26.2 Å². The minimum Gasteiger partial charge on any atom is -0.461 e. The Kier molecular flexibility index (Phi) is 6.50. The quantitative estimate of drug-likeness (QED) is 0.535. The van der Waals surface area contributed by atoms with Crippen molar-refractivity contribution < 1.29 is 13.5 Å². The van der Waals surface area contributed by atoms with Crippen LogP contribution < -0.4 is 16.0 Å². The highest BCUT2D eigenvalue weighted by Crippen LogP contribution is 2.12. The number of hydrogen-bond acceptors (Lipinski definition) is 7. The van der Waals surface area contributed by atoms with Gasteiger partial charge in [0, 0.05) is 13.6 Å². The second kappa shape index (κ2) is 9.08. The molecule has 9 nitrogen and oxygen atoms in total. The van der Waals surface area contributed by atoms with E-state index in [4.69, 9.17) is 4.74 Å². The normalized spacial score (nSPS) is 11.4. The van der Waals surface area contributed by atoms with Crippen LogP contribution in [0.1, 0.15) is 19.4 Å². The molecule has 0 saturated heterocycles. The molecule has 11 heteroatoms. The lowest BCUT2D eigenvalue weighted by molar-refractivity contribution is 0.211. The Balaban J connectivity index is 1.97. The number of fused-ring (bicyclic) bond motifs is 1. The predicted octanol–water partition coefficient (Wildman–Crippen LogP) is 0.932. The topological polar surface area (TPSA) is 95.1 Å². The molecule has 0 aliphatic rings. The largest absolute Gasteiger partial charge is 0.461 e. The summed E-state index contributed by atoms with van der Waals surface area (Å²) in [6.07, 6.45) is 0. The molecule has 0 aliphatic heterocycles. The molecule has 0 atom stereocenters. The Hall–Kier alpha value is -3.21. The number of rotatable bonds is 8. The van der Waals surface area contributed by atoms with Gasteiger partial charge in [-0.05, 0) is 30.8 Å². The highest BCUT2D eigenvalue weighted by Gasteiger charge is 2.16. The van der Waals surface area contributed by atoms with E-state index in [2.05, 4.69) is 20.1 Å². The van der Waals surface area contributed by atoms with Crippen LogP contribution in [-0.2, 0) is 13.6 Å². The van der Waals surface area contributed by atoms with Crippen molar-refractivity contribution in [3.05, 3.63) is 56.2 Å². The molecule has 30 heavy (non-hydrogen) atoms. The van der Waals surface area contributed by atoms with Crippen molar-refractivity contribution >= 4 is 11.2 Å². The molecule has 0 radical (unpaired) electrons. The van der Waals surface area contributed by atoms with Crippen LogP contribution in [0.4, 0.5) is 8.78 Å². The maximum atomic E-state index is 13.5. The number of nitrogens with zero attached hydrogens (tertiary/aromatic N) is 6. The maximum absolute atomic E-state index is 13.5. The van der Waals surface area contributed by atoms with Gasteiger partial charge in [-0.25, -0.2) is 13.6 Å². The number of aromatic nitrogens is 5. The van der Waals surface area contributed by atoms with E-state index in [0.717, 1.165) is 34.4 Å². The number of halogens is 2. The summed E-state index contributed by atoms with van der Waals surface area (Å²) in [5, 5.41) is 7.81. The zero-order valence-electron chi connectivity index (χ0n) is 16.9. The first kappa shape index (κ1) is 21.5. The van der Waals surface area contributed by atoms with Crippen molar-refractivity contribution in [1.82, 2.24) is 29.2 Å². The van der Waals surface area contributed by atoms with E-state index in [0.29, 0.717) is 18.7 Å². The van der Waals surface area contributed by atoms with E-state index < -0.39 is 22.9 Å². The Morgan fingerprint density at radius 3 is 2.50 bits per heavy atom. The van der Waals surface area contributed by atoms with E-state index >= 15 is 0 Å². The van der Waals surface area contributed by atoms with Crippen LogP contribution in [0.25, 0.3) is 11.2 Å². The first-order valence-corrected chi connectivity index (χ1v) is 9.49. The number of benzene rings is 1. The third kappa shape index (κ3) is 4.35. The Morgan fingerprint density at radius 2 is 1.83 bits per heavy atom. The molecule has 1 aromatic carbocycles. The summed E-state index contributed by atoms with van der Waals surface area (Å²) in [7, 11) is 1.30. The molecule has 160 valence electrons. The molecule has 0 unspecified atom stereocenters. The minimum absolute atomic E-state index is 0.0658. The first-order valence-electron chi connectivity index (χ1n) is 9.49. The van der Waals surface area contributed by atoms with Crippen molar-refractivity contribution in [1.29, 1.82) is 0 Å². The standard InChI is InChI=1S/C19H22F2N6O3/c1-4-26(5-2)8-9-30-18-22-15-16(23-24-18)27(19(29)25(3)17(15)28)11-12-6-7-13(20)14(21)10-12/h6-7,10H,4-5,8-9,11H2,1-3H3. The smallest absolute Gasteiger partial charge is 0.336 e. The van der Waals surface area contributed by atoms with Crippen LogP contribution in [0.3, 0.4) is 0 Å². The zero-order valence-corrected chi connectivity index (χ0v) is 16.9. The molecular formula is C19H22F2N6O3. The van der Waals surface area contributed by atoms with Crippen LogP contribution in [0.2, 0.25) is 0 Å². The fraction of sp³-hybridized carbons (Fsp3) is 0.421. The second-order valence-corrected chi connectivity index (χ2v) is 6.62. The molecule has 0 aliphatic carbocycles. The molecule has 0 N–H and O–H groups in total. The van der Waals surface area contributed by atoms with Gasteiger partial charge in [0.15, 0.2) is 22.8 Å². The number of likely N-dealkylation sites (N-methyl/N-ethyl adjacent to an activating group) is 1. The third-order valence-corrected chi connectivity index (χ3v) is 4.79. The van der Waals surface area contributed by atoms with Crippen LogP contribution in [0.5, 0.6) is 6.01 Å². The lowest BCUT2D eigenvalue weighted by atomic mass is 10.2. The van der Waals surface area contributed by atoms with E-state index in [1.807, 2.05) is 13.8 Å². The van der Waals surface area contributed by atoms with Crippen molar-refractivity contribution in [2.45, 2.75) is 20.4 Å². The summed E-state index contributed by atoms with van der Waals surface area (Å²) in [5.41, 5.74) is -1.18. The van der Waals surface area contributed by atoms with Gasteiger partial charge in [0.05, 0.1) is 6.54 Å². The Bertz CT molecular complexity index is 1170. The number of hydrogen-bond donors (Lipinski definition) is 0. The molecule has 0 fully saturated rings. The summed E-state index contributed by atoms with van der Waals surface area (Å²) in [4.78, 5) is 31.4. The molecule has 0 spiro atoms. The monoisotopic (exact) mass is 420 g/mol. The molecule has 0 amide bonds. The SMILES string of the molecule is CCN(CC)CCOc1nnc2c(n1)c(=O)n(C)c(=O)n2Cc1ccc(F)c(F)c1. The molecule has 0 bridgehead atoms. The summed E-state index contributed by atoms with van der Waals surface area (Å²) >= 11 is 0. The Morgan fingerprint density at radius 1 is 1.10 bits per heavy atom. The summed E-state index contributed by atoms with van der Waals surface area (Å²) in [5.74, 6) is -2.04. The van der Waals surface area contributed by atoms with Crippen LogP contribution in [0.15, 0.2) is 27.8 Å². The molecule has 0 saturated carbocycles. The van der Waals surface area contributed by atoms with Gasteiger partial charge in [-0.3, -0.25) is 13.9 Å². The van der Waals surface area contributed by atoms with E-state index in [1.165, 1.54) is 13.1 Å². The maximum Gasteiger partial charge on any atom is 0.336 e. The molecule has 3 aromatic rings. The lowest BCUT2D eigenvalue weighted by Crippen LogP contribution is -2.39.